The molecule has 3 heterocycles. The number of carbonyl (C=O) groups excluding carboxylic acids is 2. The fraction of sp³-hybridized carbons (Fsp3) is 0.517. The maximum atomic E-state index is 13.4. The number of amides is 1. The zero-order chi connectivity index (χ0) is 24.4. The maximum Gasteiger partial charge on any atom is 0.229 e. The summed E-state index contributed by atoms with van der Waals surface area (Å²) >= 11 is 6.01. The first kappa shape index (κ1) is 24.5. The number of piperidine rings is 1. The summed E-state index contributed by atoms with van der Waals surface area (Å²) in [5.74, 6) is 0.992. The quantitative estimate of drug-likeness (QED) is 0.622. The molecule has 0 aliphatic carbocycles. The third-order valence-electron chi connectivity index (χ3n) is 8.63. The molecule has 3 saturated heterocycles. The van der Waals surface area contributed by atoms with Crippen molar-refractivity contribution in [3.05, 3.63) is 70.7 Å². The molecule has 5 nitrogen and oxygen atoms in total. The number of ketones is 1. The zero-order valence-electron chi connectivity index (χ0n) is 20.6. The van der Waals surface area contributed by atoms with E-state index in [4.69, 9.17) is 11.6 Å². The van der Waals surface area contributed by atoms with Gasteiger partial charge in [0.1, 0.15) is 5.78 Å². The fourth-order valence-corrected chi connectivity index (χ4v) is 6.42. The summed E-state index contributed by atoms with van der Waals surface area (Å²) in [6.07, 6.45) is 2.79. The first-order valence-corrected chi connectivity index (χ1v) is 13.4. The highest BCUT2D eigenvalue weighted by atomic mass is 35.5. The predicted octanol–water partition coefficient (Wildman–Crippen LogP) is 4.36. The van der Waals surface area contributed by atoms with Crippen molar-refractivity contribution in [2.75, 3.05) is 39.3 Å². The van der Waals surface area contributed by atoms with E-state index in [9.17, 15) is 9.59 Å². The molecule has 1 spiro atoms. The molecule has 186 valence electrons. The first-order chi connectivity index (χ1) is 16.9. The summed E-state index contributed by atoms with van der Waals surface area (Å²) in [6.45, 7) is 8.02. The lowest BCUT2D eigenvalue weighted by Crippen LogP contribution is -2.46. The molecule has 2 aromatic carbocycles. The zero-order valence-corrected chi connectivity index (χ0v) is 21.3. The minimum Gasteiger partial charge on any atom is -0.338 e. The van der Waals surface area contributed by atoms with Gasteiger partial charge in [-0.1, -0.05) is 61.0 Å². The Morgan fingerprint density at radius 2 is 1.71 bits per heavy atom. The van der Waals surface area contributed by atoms with Gasteiger partial charge in [0.2, 0.25) is 5.91 Å². The van der Waals surface area contributed by atoms with Crippen molar-refractivity contribution in [3.8, 4) is 0 Å². The molecule has 3 aliphatic rings. The molecule has 0 saturated carbocycles. The Labute approximate surface area is 213 Å². The van der Waals surface area contributed by atoms with Gasteiger partial charge in [-0.15, -0.1) is 0 Å². The molecule has 2 aromatic rings. The van der Waals surface area contributed by atoms with E-state index < -0.39 is 0 Å². The van der Waals surface area contributed by atoms with E-state index in [-0.39, 0.29) is 17.3 Å². The van der Waals surface area contributed by atoms with Crippen LogP contribution in [0.15, 0.2) is 54.6 Å². The van der Waals surface area contributed by atoms with Crippen LogP contribution < -0.4 is 5.32 Å². The topological polar surface area (TPSA) is 52.7 Å². The highest BCUT2D eigenvalue weighted by Crippen LogP contribution is 2.42. The lowest BCUT2D eigenvalue weighted by Gasteiger charge is -2.39. The normalized spacial score (nSPS) is 25.3. The van der Waals surface area contributed by atoms with Crippen LogP contribution in [0.4, 0.5) is 0 Å². The monoisotopic (exact) mass is 493 g/mol. The van der Waals surface area contributed by atoms with Crippen molar-refractivity contribution in [1.29, 1.82) is 0 Å². The number of Topliss-reactive ketones (excluding diaryl/α,β-unsaturated/α-hetero) is 1. The van der Waals surface area contributed by atoms with Gasteiger partial charge in [0.25, 0.3) is 0 Å². The number of halogens is 1. The Balaban J connectivity index is 1.15. The van der Waals surface area contributed by atoms with Gasteiger partial charge in [-0.3, -0.25) is 9.59 Å². The Bertz CT molecular complexity index is 1030. The summed E-state index contributed by atoms with van der Waals surface area (Å²) in [5.41, 5.74) is 2.03. The lowest BCUT2D eigenvalue weighted by atomic mass is 9.76. The largest absolute Gasteiger partial charge is 0.338 e. The molecular formula is C29H36ClN3O2. The number of nitrogens with one attached hydrogen (secondary N) is 1. The van der Waals surface area contributed by atoms with Gasteiger partial charge >= 0.3 is 0 Å². The molecule has 1 amide bonds. The van der Waals surface area contributed by atoms with Crippen LogP contribution in [-0.2, 0) is 16.1 Å². The van der Waals surface area contributed by atoms with E-state index in [1.165, 1.54) is 0 Å². The van der Waals surface area contributed by atoms with Crippen LogP contribution >= 0.6 is 11.6 Å². The van der Waals surface area contributed by atoms with E-state index in [0.717, 1.165) is 74.7 Å². The summed E-state index contributed by atoms with van der Waals surface area (Å²) in [6, 6.07) is 17.9. The number of carbonyl (C=O) groups is 2. The molecule has 35 heavy (non-hydrogen) atoms. The summed E-state index contributed by atoms with van der Waals surface area (Å²) in [7, 11) is 0. The SMILES string of the molecule is CC(C(=O)C1CNCC1CN1CCC2(CC1)CCN(Cc1ccc(Cl)cc1)C2=O)c1ccccc1. The van der Waals surface area contributed by atoms with Crippen molar-refractivity contribution in [3.63, 3.8) is 0 Å². The van der Waals surface area contributed by atoms with Crippen LogP contribution in [0, 0.1) is 17.3 Å². The molecule has 5 rings (SSSR count). The van der Waals surface area contributed by atoms with Crippen LogP contribution in [0.1, 0.15) is 43.2 Å². The van der Waals surface area contributed by atoms with Crippen LogP contribution in [-0.4, -0.2) is 60.8 Å². The smallest absolute Gasteiger partial charge is 0.229 e. The molecule has 0 aromatic heterocycles. The first-order valence-electron chi connectivity index (χ1n) is 13.0. The summed E-state index contributed by atoms with van der Waals surface area (Å²) in [4.78, 5) is 31.2. The number of hydrogen-bond acceptors (Lipinski definition) is 4. The number of likely N-dealkylation sites (tertiary alicyclic amines) is 2. The van der Waals surface area contributed by atoms with Gasteiger partial charge in [-0.25, -0.2) is 0 Å². The fourth-order valence-electron chi connectivity index (χ4n) is 6.30. The van der Waals surface area contributed by atoms with E-state index in [1.807, 2.05) is 54.3 Å². The molecule has 3 fully saturated rings. The van der Waals surface area contributed by atoms with Crippen molar-refractivity contribution in [2.24, 2.45) is 17.3 Å². The average Bonchev–Trinajstić information content (AvgIpc) is 3.47. The van der Waals surface area contributed by atoms with Crippen molar-refractivity contribution in [2.45, 2.75) is 38.6 Å². The molecule has 3 aliphatic heterocycles. The molecular weight excluding hydrogens is 458 g/mol. The van der Waals surface area contributed by atoms with E-state index in [1.54, 1.807) is 0 Å². The molecule has 0 radical (unpaired) electrons. The number of benzene rings is 2. The number of hydrogen-bond donors (Lipinski definition) is 1. The number of nitrogens with zero attached hydrogens (tertiary/aromatic N) is 2. The lowest BCUT2D eigenvalue weighted by molar-refractivity contribution is -0.139. The Morgan fingerprint density at radius 3 is 2.43 bits per heavy atom. The van der Waals surface area contributed by atoms with Crippen molar-refractivity contribution in [1.82, 2.24) is 15.1 Å². The van der Waals surface area contributed by atoms with E-state index in [2.05, 4.69) is 22.3 Å². The highest BCUT2D eigenvalue weighted by Gasteiger charge is 2.48. The second kappa shape index (κ2) is 10.4. The van der Waals surface area contributed by atoms with Crippen LogP contribution in [0.3, 0.4) is 0 Å². The summed E-state index contributed by atoms with van der Waals surface area (Å²) in [5, 5.41) is 4.19. The third-order valence-corrected chi connectivity index (χ3v) is 8.88. The average molecular weight is 494 g/mol. The molecule has 3 atom stereocenters. The van der Waals surface area contributed by atoms with E-state index >= 15 is 0 Å². The maximum absolute atomic E-state index is 13.4. The Morgan fingerprint density at radius 1 is 1.03 bits per heavy atom. The molecule has 3 unspecified atom stereocenters. The molecule has 6 heteroatoms. The van der Waals surface area contributed by atoms with Gasteiger partial charge in [0.05, 0.1) is 5.41 Å². The van der Waals surface area contributed by atoms with Gasteiger partial charge in [0, 0.05) is 43.0 Å². The summed E-state index contributed by atoms with van der Waals surface area (Å²) < 4.78 is 0. The molecule has 0 bridgehead atoms. The predicted molar refractivity (Wildman–Crippen MR) is 139 cm³/mol. The Hall–Kier alpha value is -2.21. The van der Waals surface area contributed by atoms with Crippen molar-refractivity contribution >= 4 is 23.3 Å². The van der Waals surface area contributed by atoms with E-state index in [0.29, 0.717) is 24.2 Å². The van der Waals surface area contributed by atoms with Crippen molar-refractivity contribution < 1.29 is 9.59 Å². The molecule has 1 N–H and O–H groups in total. The third kappa shape index (κ3) is 5.18. The van der Waals surface area contributed by atoms with Gasteiger partial charge in [-0.2, -0.15) is 0 Å². The Kier molecular flexibility index (Phi) is 7.29. The minimum absolute atomic E-state index is 0.0593. The minimum atomic E-state index is -0.201. The van der Waals surface area contributed by atoms with Gasteiger partial charge in [0.15, 0.2) is 0 Å². The van der Waals surface area contributed by atoms with Gasteiger partial charge in [-0.05, 0) is 68.1 Å². The van der Waals surface area contributed by atoms with Gasteiger partial charge < -0.3 is 15.1 Å². The van der Waals surface area contributed by atoms with Crippen LogP contribution in [0.25, 0.3) is 0 Å². The van der Waals surface area contributed by atoms with Crippen LogP contribution in [0.2, 0.25) is 5.02 Å². The second-order valence-electron chi connectivity index (χ2n) is 10.7. The highest BCUT2D eigenvalue weighted by molar-refractivity contribution is 6.30. The standard InChI is InChI=1S/C29H36ClN3O2/c1-21(23-5-3-2-4-6-23)27(34)26-18-31-17-24(26)20-32-14-11-29(12-15-32)13-16-33(28(29)35)19-22-7-9-25(30)10-8-22/h2-10,21,24,26,31H,11-20H2,1H3. The second-order valence-corrected chi connectivity index (χ2v) is 11.2. The van der Waals surface area contributed by atoms with Crippen LogP contribution in [0.5, 0.6) is 0 Å². The number of rotatable bonds is 7.